The number of aryl methyl sites for hydroxylation is 1. The lowest BCUT2D eigenvalue weighted by atomic mass is 10.0. The molecule has 2 saturated heterocycles. The van der Waals surface area contributed by atoms with E-state index in [9.17, 15) is 33.9 Å². The second-order valence-electron chi connectivity index (χ2n) is 13.2. The predicted molar refractivity (Wildman–Crippen MR) is 196 cm³/mol. The Morgan fingerprint density at radius 1 is 1.11 bits per heavy atom. The minimum absolute atomic E-state index is 0.00282. The number of aromatic nitrogens is 1. The minimum atomic E-state index is -1.39. The number of benzene rings is 1. The molecule has 1 aromatic carbocycles. The third-order valence-electron chi connectivity index (χ3n) is 9.85. The Morgan fingerprint density at radius 2 is 1.89 bits per heavy atom. The van der Waals surface area contributed by atoms with Crippen LogP contribution in [0, 0.1) is 12.7 Å². The van der Waals surface area contributed by atoms with Gasteiger partial charge in [-0.2, -0.15) is 0 Å². The van der Waals surface area contributed by atoms with Gasteiger partial charge in [0.05, 0.1) is 34.6 Å². The molecule has 15 nitrogen and oxygen atoms in total. The van der Waals surface area contributed by atoms with Crippen LogP contribution in [-0.2, 0) is 32.1 Å². The summed E-state index contributed by atoms with van der Waals surface area (Å²) in [5.74, 6) is -3.75. The highest BCUT2D eigenvalue weighted by molar-refractivity contribution is 8.00. The van der Waals surface area contributed by atoms with Gasteiger partial charge in [-0.15, -0.1) is 23.1 Å². The normalized spacial score (nSPS) is 21.0. The molecule has 3 atom stereocenters. The predicted octanol–water partition coefficient (Wildman–Crippen LogP) is 3.14. The van der Waals surface area contributed by atoms with Gasteiger partial charge in [-0.05, 0) is 37.4 Å². The Morgan fingerprint density at radius 3 is 2.56 bits per heavy atom. The first kappa shape index (κ1) is 36.1. The maximum atomic E-state index is 15.8. The molecule has 2 fully saturated rings. The molecule has 0 aliphatic carbocycles. The van der Waals surface area contributed by atoms with E-state index in [1.54, 1.807) is 23.6 Å². The van der Waals surface area contributed by atoms with Crippen LogP contribution >= 0.6 is 34.9 Å². The average Bonchev–Trinajstić information content (AvgIpc) is 3.76. The van der Waals surface area contributed by atoms with Crippen molar-refractivity contribution in [1.82, 2.24) is 19.7 Å². The van der Waals surface area contributed by atoms with Gasteiger partial charge in [0.1, 0.15) is 40.9 Å². The lowest BCUT2D eigenvalue weighted by Crippen LogP contribution is -2.70. The van der Waals surface area contributed by atoms with E-state index in [0.717, 1.165) is 15.8 Å². The molecule has 2 amide bonds. The molecule has 2 N–H and O–H groups in total. The van der Waals surface area contributed by atoms with Crippen LogP contribution in [0.15, 0.2) is 64.4 Å². The molecule has 0 saturated carbocycles. The van der Waals surface area contributed by atoms with Crippen LogP contribution in [0.4, 0.5) is 10.1 Å². The van der Waals surface area contributed by atoms with Crippen molar-refractivity contribution in [2.24, 2.45) is 0 Å². The van der Waals surface area contributed by atoms with E-state index in [4.69, 9.17) is 13.6 Å². The summed E-state index contributed by atoms with van der Waals surface area (Å²) in [6.45, 7) is 5.47. The second-order valence-corrected chi connectivity index (χ2v) is 16.6. The number of rotatable bonds is 10. The van der Waals surface area contributed by atoms with Gasteiger partial charge >= 0.3 is 17.8 Å². The molecule has 4 aromatic rings. The number of hydrogen-bond acceptors (Lipinski definition) is 14. The summed E-state index contributed by atoms with van der Waals surface area (Å²) in [6.07, 6.45) is 0.0969. The highest BCUT2D eigenvalue weighted by Crippen LogP contribution is 2.47. The molecule has 54 heavy (non-hydrogen) atoms. The maximum absolute atomic E-state index is 15.8. The second kappa shape index (κ2) is 14.1. The number of nitrogens with zero attached hydrogens (tertiary/aromatic N) is 4. The summed E-state index contributed by atoms with van der Waals surface area (Å²) in [5, 5.41) is 14.2. The van der Waals surface area contributed by atoms with E-state index in [-0.39, 0.29) is 45.7 Å². The zero-order valence-electron chi connectivity index (χ0n) is 28.8. The lowest BCUT2D eigenvalue weighted by Gasteiger charge is -2.49. The number of carboxylic acids is 1. The van der Waals surface area contributed by atoms with Gasteiger partial charge < -0.3 is 33.5 Å². The first-order valence-electron chi connectivity index (χ1n) is 16.9. The number of carbonyl (C=O) groups is 4. The van der Waals surface area contributed by atoms with Crippen molar-refractivity contribution in [2.75, 3.05) is 43.4 Å². The summed E-state index contributed by atoms with van der Waals surface area (Å²) in [5.41, 5.74) is -0.378. The Labute approximate surface area is 317 Å². The number of aliphatic carboxylic acids is 1. The summed E-state index contributed by atoms with van der Waals surface area (Å²) >= 11 is 3.93. The highest BCUT2D eigenvalue weighted by atomic mass is 32.2. The number of carboxylic acid groups (broad SMARTS) is 1. The number of β-lactam (4-membered cyclic amide) rings is 1. The number of anilines is 1. The number of hydrogen-bond donors (Lipinski definition) is 2. The number of amides is 2. The highest BCUT2D eigenvalue weighted by Gasteiger charge is 2.54. The molecule has 0 bridgehead atoms. The van der Waals surface area contributed by atoms with E-state index in [1.165, 1.54) is 34.9 Å². The zero-order chi connectivity index (χ0) is 38.0. The quantitative estimate of drug-likeness (QED) is 0.176. The molecule has 0 spiro atoms. The average molecular weight is 798 g/mol. The summed E-state index contributed by atoms with van der Waals surface area (Å²) < 4.78 is 33.2. The van der Waals surface area contributed by atoms with E-state index < -0.39 is 52.9 Å². The van der Waals surface area contributed by atoms with Crippen LogP contribution in [0.3, 0.4) is 0 Å². The number of halogens is 1. The lowest BCUT2D eigenvalue weighted by molar-refractivity contribution is -0.150. The smallest absolute Gasteiger partial charge is 0.477 e. The number of carbonyl (C=O) groups excluding carboxylic acids is 3. The largest absolute Gasteiger partial charge is 0.519 e. The van der Waals surface area contributed by atoms with E-state index >= 15 is 4.39 Å². The molecule has 4 aliphatic heterocycles. The molecule has 1 unspecified atom stereocenters. The van der Waals surface area contributed by atoms with Crippen molar-refractivity contribution < 1.29 is 42.2 Å². The fourth-order valence-electron chi connectivity index (χ4n) is 7.14. The molecule has 0 radical (unpaired) electrons. The van der Waals surface area contributed by atoms with Gasteiger partial charge in [0.25, 0.3) is 5.91 Å². The van der Waals surface area contributed by atoms with Crippen molar-refractivity contribution >= 4 is 75.2 Å². The van der Waals surface area contributed by atoms with Crippen LogP contribution in [0.1, 0.15) is 39.1 Å². The number of pyridine rings is 1. The molecule has 3 aromatic heterocycles. The molecule has 7 heterocycles. The number of thiophene rings is 1. The van der Waals surface area contributed by atoms with Gasteiger partial charge in [0.15, 0.2) is 5.76 Å². The van der Waals surface area contributed by atoms with Crippen molar-refractivity contribution in [3.05, 3.63) is 89.5 Å². The zero-order valence-corrected chi connectivity index (χ0v) is 31.2. The Kier molecular flexibility index (Phi) is 9.43. The summed E-state index contributed by atoms with van der Waals surface area (Å²) in [7, 11) is 0. The molecular weight excluding hydrogens is 766 g/mol. The van der Waals surface area contributed by atoms with Gasteiger partial charge in [0.2, 0.25) is 11.3 Å². The summed E-state index contributed by atoms with van der Waals surface area (Å²) in [6, 6.07) is 5.48. The van der Waals surface area contributed by atoms with Gasteiger partial charge in [-0.25, -0.2) is 18.8 Å². The fraction of sp³-hybridized carbons (Fsp3) is 0.371. The first-order valence-corrected chi connectivity index (χ1v) is 19.7. The van der Waals surface area contributed by atoms with Crippen LogP contribution in [0.2, 0.25) is 0 Å². The SMILES string of the molecule is Cc1oc(=O)oc1CN1CCN(c2cc3c(cc2F)c(=O)c(C(=O)OCC2=C(C(=O)O)N4C(=O)[C@@H](NC(=O)Cc5cccs5)[C@H]4SC2)c2n3C(C)S2)CC1. The number of thioether (sulfide) groups is 2. The fourth-order valence-corrected chi connectivity index (χ4v) is 10.3. The Bertz CT molecular complexity index is 2380. The Hall–Kier alpha value is -4.85. The topological polar surface area (TPSA) is 185 Å². The summed E-state index contributed by atoms with van der Waals surface area (Å²) in [4.78, 5) is 82.7. The van der Waals surface area contributed by atoms with Crippen LogP contribution in [-0.4, -0.2) is 93.2 Å². The van der Waals surface area contributed by atoms with Crippen molar-refractivity contribution in [1.29, 1.82) is 0 Å². The van der Waals surface area contributed by atoms with Gasteiger partial charge in [-0.3, -0.25) is 24.2 Å². The maximum Gasteiger partial charge on any atom is 0.519 e. The molecule has 4 aliphatic rings. The molecule has 19 heteroatoms. The van der Waals surface area contributed by atoms with E-state index in [1.807, 2.05) is 23.3 Å². The monoisotopic (exact) mass is 797 g/mol. The van der Waals surface area contributed by atoms with E-state index in [0.29, 0.717) is 60.5 Å². The van der Waals surface area contributed by atoms with Crippen molar-refractivity contribution in [3.63, 3.8) is 0 Å². The Balaban J connectivity index is 0.980. The number of nitrogens with one attached hydrogen (secondary N) is 1. The minimum Gasteiger partial charge on any atom is -0.477 e. The number of piperazine rings is 1. The third kappa shape index (κ3) is 6.31. The number of esters is 1. The van der Waals surface area contributed by atoms with Gasteiger partial charge in [-0.1, -0.05) is 17.8 Å². The molecule has 282 valence electrons. The van der Waals surface area contributed by atoms with Crippen molar-refractivity contribution in [2.45, 2.75) is 48.6 Å². The molecular formula is C35H32FN5O10S3. The van der Waals surface area contributed by atoms with Crippen molar-refractivity contribution in [3.8, 4) is 0 Å². The van der Waals surface area contributed by atoms with E-state index in [2.05, 4.69) is 10.2 Å². The van der Waals surface area contributed by atoms with Crippen LogP contribution < -0.4 is 21.5 Å². The number of fused-ring (bicyclic) bond motifs is 4. The standard InChI is InChI=1S/C35H32FN5O10S3/c1-16-24(51-35(48)50-16)13-38-5-7-39(8-6-38)23-12-22-20(11-21(23)36)29(43)26(31-40(22)17(2)54-31)34(47)49-14-18-15-53-32-27(30(44)41(32)28(18)33(45)46)37-25(42)10-19-4-3-9-52-19/h3-4,9,11-12,17,27,32H,5-8,10,13-15H2,1-2H3,(H,37,42)(H,45,46)/t17?,27-,32-/m1/s1. The number of ether oxygens (including phenoxy) is 1. The van der Waals surface area contributed by atoms with Crippen LogP contribution in [0.5, 0.6) is 0 Å². The van der Waals surface area contributed by atoms with Crippen LogP contribution in [0.25, 0.3) is 10.9 Å². The molecule has 8 rings (SSSR count). The first-order chi connectivity index (χ1) is 25.9. The van der Waals surface area contributed by atoms with Gasteiger partial charge in [0, 0.05) is 47.8 Å². The third-order valence-corrected chi connectivity index (χ3v) is 13.2.